The molecule has 0 spiro atoms. The highest BCUT2D eigenvalue weighted by Crippen LogP contribution is 2.22. The van der Waals surface area contributed by atoms with Crippen LogP contribution in [-0.4, -0.2) is 14.3 Å². The molecule has 19 heavy (non-hydrogen) atoms. The van der Waals surface area contributed by atoms with Crippen LogP contribution < -0.4 is 10.5 Å². The monoisotopic (exact) mass is 276 g/mol. The lowest BCUT2D eigenvalue weighted by Gasteiger charge is -2.07. The Hall–Kier alpha value is -2.34. The van der Waals surface area contributed by atoms with Crippen molar-refractivity contribution in [2.45, 2.75) is 4.90 Å². The van der Waals surface area contributed by atoms with Crippen molar-refractivity contribution in [3.8, 4) is 11.5 Å². The zero-order valence-electron chi connectivity index (χ0n) is 9.87. The summed E-state index contributed by atoms with van der Waals surface area (Å²) in [7, 11) is -2.58. The van der Waals surface area contributed by atoms with Gasteiger partial charge in [0.2, 0.25) is 0 Å². The van der Waals surface area contributed by atoms with Crippen LogP contribution in [0, 0.1) is 5.41 Å². The van der Waals surface area contributed by atoms with E-state index in [-0.39, 0.29) is 10.7 Å². The van der Waals surface area contributed by atoms with E-state index >= 15 is 0 Å². The average Bonchev–Trinajstić information content (AvgIpc) is 2.39. The molecule has 0 heterocycles. The van der Waals surface area contributed by atoms with Gasteiger partial charge in [0, 0.05) is 5.56 Å². The lowest BCUT2D eigenvalue weighted by atomic mass is 10.2. The van der Waals surface area contributed by atoms with Gasteiger partial charge >= 0.3 is 0 Å². The Bertz CT molecular complexity index is 671. The maximum absolute atomic E-state index is 10.7. The predicted octanol–water partition coefficient (Wildman–Crippen LogP) is 1.73. The first-order chi connectivity index (χ1) is 9.06. The lowest BCUT2D eigenvalue weighted by molar-refractivity contribution is 0.482. The Labute approximate surface area is 112 Å². The summed E-state index contributed by atoms with van der Waals surface area (Å²) in [4.78, 5) is 0.236. The fourth-order valence-electron chi connectivity index (χ4n) is 1.50. The van der Waals surface area contributed by atoms with E-state index in [1.165, 1.54) is 12.1 Å². The summed E-state index contributed by atoms with van der Waals surface area (Å²) in [5.74, 6) is 1.01. The van der Waals surface area contributed by atoms with Gasteiger partial charge in [-0.3, -0.25) is 5.41 Å². The minimum absolute atomic E-state index is 0.0378. The Balaban J connectivity index is 2.21. The van der Waals surface area contributed by atoms with Crippen molar-refractivity contribution in [2.75, 3.05) is 0 Å². The molecule has 0 aromatic heterocycles. The summed E-state index contributed by atoms with van der Waals surface area (Å²) in [6.45, 7) is 0. The van der Waals surface area contributed by atoms with Crippen LogP contribution in [0.4, 0.5) is 0 Å². The van der Waals surface area contributed by atoms with Crippen LogP contribution in [0.15, 0.2) is 53.4 Å². The lowest BCUT2D eigenvalue weighted by Crippen LogP contribution is -2.10. The van der Waals surface area contributed by atoms with Crippen LogP contribution in [-0.2, 0) is 10.7 Å². The Morgan fingerprint density at radius 1 is 1.05 bits per heavy atom. The highest BCUT2D eigenvalue weighted by Gasteiger charge is 2.02. The largest absolute Gasteiger partial charge is 0.457 e. The minimum atomic E-state index is -2.58. The zero-order chi connectivity index (χ0) is 13.8. The number of ether oxygens (including phenoxy) is 1. The highest BCUT2D eigenvalue weighted by molar-refractivity contribution is 7.72. The molecule has 5 nitrogen and oxygen atoms in total. The van der Waals surface area contributed by atoms with E-state index in [4.69, 9.17) is 15.9 Å². The molecule has 98 valence electrons. The molecule has 0 unspecified atom stereocenters. The molecule has 0 aliphatic rings. The zero-order valence-corrected chi connectivity index (χ0v) is 10.8. The number of hydrogen-bond donors (Lipinski definition) is 3. The van der Waals surface area contributed by atoms with E-state index in [1.807, 2.05) is 0 Å². The minimum Gasteiger partial charge on any atom is -0.457 e. The number of nitrogens with one attached hydrogen (secondary N) is 1. The molecule has 0 radical (unpaired) electrons. The molecule has 0 amide bonds. The SMILES string of the molecule is N=C(N)c1cccc(Oc2ccc([SH](=O)=O)cc2)c1. The van der Waals surface area contributed by atoms with E-state index in [1.54, 1.807) is 36.4 Å². The van der Waals surface area contributed by atoms with Gasteiger partial charge in [-0.2, -0.15) is 0 Å². The maximum atomic E-state index is 10.7. The summed E-state index contributed by atoms with van der Waals surface area (Å²) >= 11 is 0. The maximum Gasteiger partial charge on any atom is 0.168 e. The topological polar surface area (TPSA) is 93.2 Å². The summed E-state index contributed by atoms with van der Waals surface area (Å²) in [6.07, 6.45) is 0. The predicted molar refractivity (Wildman–Crippen MR) is 72.6 cm³/mol. The Morgan fingerprint density at radius 2 is 1.74 bits per heavy atom. The van der Waals surface area contributed by atoms with Crippen molar-refractivity contribution >= 4 is 16.5 Å². The van der Waals surface area contributed by atoms with E-state index in [0.717, 1.165) is 0 Å². The normalized spacial score (nSPS) is 10.4. The molecule has 0 fully saturated rings. The van der Waals surface area contributed by atoms with Crippen molar-refractivity contribution < 1.29 is 13.2 Å². The van der Waals surface area contributed by atoms with Gasteiger partial charge in [-0.05, 0) is 36.4 Å². The molecule has 2 aromatic rings. The highest BCUT2D eigenvalue weighted by atomic mass is 32.2. The molecule has 0 saturated heterocycles. The molecule has 0 bridgehead atoms. The van der Waals surface area contributed by atoms with E-state index in [9.17, 15) is 8.42 Å². The summed E-state index contributed by atoms with van der Waals surface area (Å²) in [5, 5.41) is 7.34. The fourth-order valence-corrected chi connectivity index (χ4v) is 1.89. The summed E-state index contributed by atoms with van der Waals surface area (Å²) in [6, 6.07) is 12.9. The number of hydrogen-bond acceptors (Lipinski definition) is 4. The van der Waals surface area contributed by atoms with Gasteiger partial charge in [0.1, 0.15) is 17.3 Å². The second-order valence-corrected chi connectivity index (χ2v) is 4.83. The Morgan fingerprint density at radius 3 is 2.32 bits per heavy atom. The third-order valence-corrected chi connectivity index (χ3v) is 3.15. The number of amidine groups is 1. The third-order valence-electron chi connectivity index (χ3n) is 2.43. The molecular weight excluding hydrogens is 264 g/mol. The van der Waals surface area contributed by atoms with Gasteiger partial charge in [-0.15, -0.1) is 0 Å². The third kappa shape index (κ3) is 3.32. The van der Waals surface area contributed by atoms with Crippen LogP contribution in [0.3, 0.4) is 0 Å². The number of nitrogen functional groups attached to an aromatic ring is 1. The van der Waals surface area contributed by atoms with Gasteiger partial charge in [0.25, 0.3) is 0 Å². The second-order valence-electron chi connectivity index (χ2n) is 3.79. The van der Waals surface area contributed by atoms with Gasteiger partial charge < -0.3 is 10.5 Å². The van der Waals surface area contributed by atoms with Crippen LogP contribution in [0.5, 0.6) is 11.5 Å². The first-order valence-electron chi connectivity index (χ1n) is 5.43. The van der Waals surface area contributed by atoms with Crippen LogP contribution in [0.25, 0.3) is 0 Å². The molecule has 0 saturated carbocycles. The van der Waals surface area contributed by atoms with Crippen molar-refractivity contribution in [2.24, 2.45) is 5.73 Å². The molecule has 2 rings (SSSR count). The first-order valence-corrected chi connectivity index (χ1v) is 6.61. The van der Waals surface area contributed by atoms with E-state index in [2.05, 4.69) is 0 Å². The molecule has 0 aliphatic heterocycles. The van der Waals surface area contributed by atoms with E-state index in [0.29, 0.717) is 17.1 Å². The van der Waals surface area contributed by atoms with Crippen LogP contribution in [0.2, 0.25) is 0 Å². The van der Waals surface area contributed by atoms with Crippen molar-refractivity contribution in [3.05, 3.63) is 54.1 Å². The molecule has 2 aromatic carbocycles. The molecule has 6 heteroatoms. The smallest absolute Gasteiger partial charge is 0.168 e. The van der Waals surface area contributed by atoms with Crippen LogP contribution >= 0.6 is 0 Å². The summed E-state index contributed by atoms with van der Waals surface area (Å²) < 4.78 is 27.1. The van der Waals surface area contributed by atoms with Crippen LogP contribution in [0.1, 0.15) is 5.56 Å². The standard InChI is InChI=1S/C13H12N2O3S/c14-13(15)9-2-1-3-11(8-9)18-10-4-6-12(7-5-10)19(16)17/h1-8,19H,(H3,14,15). The second kappa shape index (κ2) is 5.53. The first kappa shape index (κ1) is 13.1. The molecule has 0 atom stereocenters. The molecule has 3 N–H and O–H groups in total. The Kier molecular flexibility index (Phi) is 3.82. The quantitative estimate of drug-likeness (QED) is 0.450. The fraction of sp³-hybridized carbons (Fsp3) is 0. The van der Waals surface area contributed by atoms with Gasteiger partial charge in [-0.1, -0.05) is 12.1 Å². The average molecular weight is 276 g/mol. The summed E-state index contributed by atoms with van der Waals surface area (Å²) in [5.41, 5.74) is 5.96. The van der Waals surface area contributed by atoms with Crippen molar-refractivity contribution in [1.82, 2.24) is 0 Å². The van der Waals surface area contributed by atoms with Gasteiger partial charge in [-0.25, -0.2) is 8.42 Å². The van der Waals surface area contributed by atoms with Crippen molar-refractivity contribution in [3.63, 3.8) is 0 Å². The van der Waals surface area contributed by atoms with Crippen molar-refractivity contribution in [1.29, 1.82) is 5.41 Å². The van der Waals surface area contributed by atoms with Gasteiger partial charge in [0.15, 0.2) is 10.7 Å². The van der Waals surface area contributed by atoms with Gasteiger partial charge in [0.05, 0.1) is 4.90 Å². The number of thiol groups is 1. The number of nitrogens with two attached hydrogens (primary N) is 1. The van der Waals surface area contributed by atoms with E-state index < -0.39 is 10.7 Å². The number of benzene rings is 2. The number of rotatable bonds is 4. The molecular formula is C13H12N2O3S. The molecule has 0 aliphatic carbocycles.